The highest BCUT2D eigenvalue weighted by molar-refractivity contribution is 6.30. The van der Waals surface area contributed by atoms with Crippen LogP contribution in [-0.2, 0) is 9.53 Å². The minimum atomic E-state index is -2.95. The van der Waals surface area contributed by atoms with Crippen LogP contribution in [0.2, 0.25) is 5.02 Å². The molecule has 0 spiro atoms. The maximum absolute atomic E-state index is 12.5. The monoisotopic (exact) mass is 466 g/mol. The zero-order chi connectivity index (χ0) is 22.9. The molecule has 9 heteroatoms. The molecule has 1 aliphatic rings. The van der Waals surface area contributed by atoms with E-state index in [4.69, 9.17) is 21.1 Å². The Kier molecular flexibility index (Phi) is 8.84. The van der Waals surface area contributed by atoms with E-state index in [1.54, 1.807) is 12.1 Å². The molecule has 2 aromatic rings. The Bertz CT molecular complexity index is 919. The van der Waals surface area contributed by atoms with Gasteiger partial charge in [0, 0.05) is 30.7 Å². The van der Waals surface area contributed by atoms with Gasteiger partial charge < -0.3 is 19.5 Å². The van der Waals surface area contributed by atoms with Crippen LogP contribution in [0.1, 0.15) is 17.2 Å². The van der Waals surface area contributed by atoms with Crippen molar-refractivity contribution in [2.45, 2.75) is 12.7 Å². The van der Waals surface area contributed by atoms with Crippen molar-refractivity contribution >= 4 is 23.6 Å². The first-order valence-electron chi connectivity index (χ1n) is 10.1. The first-order chi connectivity index (χ1) is 15.5. The molecule has 0 radical (unpaired) electrons. The Morgan fingerprint density at radius 2 is 1.91 bits per heavy atom. The number of methoxy groups -OCH3 is 1. The van der Waals surface area contributed by atoms with Crippen molar-refractivity contribution in [2.24, 2.45) is 0 Å². The number of nitrogens with zero attached hydrogens (tertiary/aromatic N) is 1. The van der Waals surface area contributed by atoms with Crippen LogP contribution in [-0.4, -0.2) is 57.4 Å². The van der Waals surface area contributed by atoms with Gasteiger partial charge in [-0.1, -0.05) is 29.8 Å². The molecule has 32 heavy (non-hydrogen) atoms. The zero-order valence-electron chi connectivity index (χ0n) is 17.6. The molecule has 1 amide bonds. The predicted octanol–water partition coefficient (Wildman–Crippen LogP) is 4.15. The summed E-state index contributed by atoms with van der Waals surface area (Å²) in [6, 6.07) is 12.0. The number of rotatable bonds is 9. The maximum Gasteiger partial charge on any atom is 0.387 e. The maximum atomic E-state index is 12.5. The molecule has 2 aromatic carbocycles. The molecule has 1 atom stereocenters. The molecule has 0 bridgehead atoms. The second kappa shape index (κ2) is 11.8. The van der Waals surface area contributed by atoms with E-state index in [1.807, 2.05) is 24.3 Å². The summed E-state index contributed by atoms with van der Waals surface area (Å²) >= 11 is 6.02. The lowest BCUT2D eigenvalue weighted by molar-refractivity contribution is -0.116. The van der Waals surface area contributed by atoms with E-state index in [9.17, 15) is 13.6 Å². The molecule has 1 heterocycles. The SMILES string of the molecule is COc1cc(/C=C/C(=O)NCC(c2ccc(Cl)cc2)N2CCOCC2)ccc1OC(F)F. The van der Waals surface area contributed by atoms with Gasteiger partial charge in [0.15, 0.2) is 11.5 Å². The largest absolute Gasteiger partial charge is 0.493 e. The summed E-state index contributed by atoms with van der Waals surface area (Å²) in [6.45, 7) is 0.291. The summed E-state index contributed by atoms with van der Waals surface area (Å²) in [5.74, 6) is -0.188. The molecule has 172 valence electrons. The molecule has 3 rings (SSSR count). The minimum Gasteiger partial charge on any atom is -0.493 e. The number of amides is 1. The van der Waals surface area contributed by atoms with E-state index in [1.165, 1.54) is 25.3 Å². The van der Waals surface area contributed by atoms with Gasteiger partial charge >= 0.3 is 6.61 Å². The Labute approximate surface area is 190 Å². The number of carbonyl (C=O) groups excluding carboxylic acids is 1. The summed E-state index contributed by atoms with van der Waals surface area (Å²) in [5, 5.41) is 3.59. The molecule has 1 aliphatic heterocycles. The fourth-order valence-corrected chi connectivity index (χ4v) is 3.57. The summed E-state index contributed by atoms with van der Waals surface area (Å²) in [7, 11) is 1.36. The van der Waals surface area contributed by atoms with Crippen molar-refractivity contribution in [2.75, 3.05) is 40.0 Å². The third kappa shape index (κ3) is 6.91. The number of halogens is 3. The molecule has 6 nitrogen and oxygen atoms in total. The highest BCUT2D eigenvalue weighted by atomic mass is 35.5. The highest BCUT2D eigenvalue weighted by Gasteiger charge is 2.23. The number of morpholine rings is 1. The highest BCUT2D eigenvalue weighted by Crippen LogP contribution is 2.30. The lowest BCUT2D eigenvalue weighted by Crippen LogP contribution is -2.43. The quantitative estimate of drug-likeness (QED) is 0.562. The lowest BCUT2D eigenvalue weighted by atomic mass is 10.0. The number of alkyl halides is 2. The second-order valence-corrected chi connectivity index (χ2v) is 7.52. The van der Waals surface area contributed by atoms with E-state index in [0.29, 0.717) is 30.3 Å². The molecule has 1 fully saturated rings. The average Bonchev–Trinajstić information content (AvgIpc) is 2.80. The number of hydrogen-bond donors (Lipinski definition) is 1. The van der Waals surface area contributed by atoms with Gasteiger partial charge in [0.25, 0.3) is 0 Å². The van der Waals surface area contributed by atoms with E-state index >= 15 is 0 Å². The molecular formula is C23H25ClF2N2O4. The lowest BCUT2D eigenvalue weighted by Gasteiger charge is -2.34. The van der Waals surface area contributed by atoms with Gasteiger partial charge in [-0.2, -0.15) is 8.78 Å². The van der Waals surface area contributed by atoms with Gasteiger partial charge in [-0.25, -0.2) is 0 Å². The van der Waals surface area contributed by atoms with Gasteiger partial charge in [0.1, 0.15) is 0 Å². The number of carbonyl (C=O) groups is 1. The van der Waals surface area contributed by atoms with Gasteiger partial charge in [-0.05, 0) is 41.5 Å². The molecular weight excluding hydrogens is 442 g/mol. The normalized spacial score (nSPS) is 15.7. The predicted molar refractivity (Wildman–Crippen MR) is 118 cm³/mol. The van der Waals surface area contributed by atoms with Crippen LogP contribution in [0, 0.1) is 0 Å². The van der Waals surface area contributed by atoms with Crippen LogP contribution in [0.4, 0.5) is 8.78 Å². The third-order valence-electron chi connectivity index (χ3n) is 5.04. The number of ether oxygens (including phenoxy) is 3. The Hall–Kier alpha value is -2.68. The van der Waals surface area contributed by atoms with E-state index in [0.717, 1.165) is 18.7 Å². The van der Waals surface area contributed by atoms with Crippen LogP contribution >= 0.6 is 11.6 Å². The van der Waals surface area contributed by atoms with E-state index in [2.05, 4.69) is 15.0 Å². The first-order valence-corrected chi connectivity index (χ1v) is 10.5. The van der Waals surface area contributed by atoms with Gasteiger partial charge in [-0.15, -0.1) is 0 Å². The molecule has 0 aromatic heterocycles. The molecule has 1 unspecified atom stereocenters. The van der Waals surface area contributed by atoms with E-state index < -0.39 is 6.61 Å². The fourth-order valence-electron chi connectivity index (χ4n) is 3.44. The van der Waals surface area contributed by atoms with Crippen LogP contribution in [0.5, 0.6) is 11.5 Å². The zero-order valence-corrected chi connectivity index (χ0v) is 18.4. The molecule has 0 saturated carbocycles. The van der Waals surface area contributed by atoms with Crippen LogP contribution in [0.3, 0.4) is 0 Å². The van der Waals surface area contributed by atoms with Crippen LogP contribution < -0.4 is 14.8 Å². The second-order valence-electron chi connectivity index (χ2n) is 7.08. The minimum absolute atomic E-state index is 0.0145. The Morgan fingerprint density at radius 3 is 2.56 bits per heavy atom. The molecule has 1 N–H and O–H groups in total. The van der Waals surface area contributed by atoms with Crippen molar-refractivity contribution in [3.05, 3.63) is 64.7 Å². The van der Waals surface area contributed by atoms with Gasteiger partial charge in [0.2, 0.25) is 5.91 Å². The summed E-state index contributed by atoms with van der Waals surface area (Å²) in [6.07, 6.45) is 2.97. The standard InChI is InChI=1S/C23H25ClF2N2O4/c1-30-21-14-16(2-8-20(21)32-23(25)26)3-9-22(29)27-15-19(28-10-12-31-13-11-28)17-4-6-18(24)7-5-17/h2-9,14,19,23H,10-13,15H2,1H3,(H,27,29)/b9-3+. The summed E-state index contributed by atoms with van der Waals surface area (Å²) < 4.78 is 39.8. The van der Waals surface area contributed by atoms with Crippen molar-refractivity contribution in [3.8, 4) is 11.5 Å². The number of benzene rings is 2. The van der Waals surface area contributed by atoms with Gasteiger partial charge in [0.05, 0.1) is 26.4 Å². The van der Waals surface area contributed by atoms with E-state index in [-0.39, 0.29) is 23.4 Å². The molecule has 0 aliphatic carbocycles. The van der Waals surface area contributed by atoms with Crippen LogP contribution in [0.15, 0.2) is 48.5 Å². The van der Waals surface area contributed by atoms with Crippen molar-refractivity contribution < 1.29 is 27.8 Å². The first kappa shape index (κ1) is 24.0. The van der Waals surface area contributed by atoms with Crippen molar-refractivity contribution in [1.29, 1.82) is 0 Å². The molecule has 1 saturated heterocycles. The van der Waals surface area contributed by atoms with Gasteiger partial charge in [-0.3, -0.25) is 9.69 Å². The van der Waals surface area contributed by atoms with Crippen LogP contribution in [0.25, 0.3) is 6.08 Å². The Morgan fingerprint density at radius 1 is 1.19 bits per heavy atom. The number of hydrogen-bond acceptors (Lipinski definition) is 5. The van der Waals surface area contributed by atoms with Crippen molar-refractivity contribution in [3.63, 3.8) is 0 Å². The smallest absolute Gasteiger partial charge is 0.387 e. The topological polar surface area (TPSA) is 60.0 Å². The van der Waals surface area contributed by atoms with Crippen molar-refractivity contribution in [1.82, 2.24) is 10.2 Å². The number of nitrogens with one attached hydrogen (secondary N) is 1. The summed E-state index contributed by atoms with van der Waals surface area (Å²) in [5.41, 5.74) is 1.67. The third-order valence-corrected chi connectivity index (χ3v) is 5.29. The summed E-state index contributed by atoms with van der Waals surface area (Å²) in [4.78, 5) is 14.7. The average molecular weight is 467 g/mol. The Balaban J connectivity index is 1.64. The fraction of sp³-hybridized carbons (Fsp3) is 0.348.